The summed E-state index contributed by atoms with van der Waals surface area (Å²) < 4.78 is 9.84. The van der Waals surface area contributed by atoms with E-state index in [4.69, 9.17) is 9.47 Å². The second-order valence-electron chi connectivity index (χ2n) is 6.31. The van der Waals surface area contributed by atoms with Crippen molar-refractivity contribution in [1.29, 1.82) is 0 Å². The van der Waals surface area contributed by atoms with Crippen LogP contribution in [0.2, 0.25) is 0 Å². The zero-order valence-corrected chi connectivity index (χ0v) is 14.2. The van der Waals surface area contributed by atoms with Gasteiger partial charge in [0.1, 0.15) is 0 Å². The first-order valence-corrected chi connectivity index (χ1v) is 7.65. The summed E-state index contributed by atoms with van der Waals surface area (Å²) in [5, 5.41) is 10.2. The summed E-state index contributed by atoms with van der Waals surface area (Å²) in [5.74, 6) is -2.04. The highest BCUT2D eigenvalue weighted by Gasteiger charge is 2.45. The number of Topliss-reactive ketones (excluding diaryl/α,β-unsaturated/α-hetero) is 1. The van der Waals surface area contributed by atoms with Crippen LogP contribution in [0.15, 0.2) is 0 Å². The molecule has 0 aliphatic carbocycles. The highest BCUT2D eigenvalue weighted by molar-refractivity contribution is 6.08. The molecule has 1 N–H and O–H groups in total. The van der Waals surface area contributed by atoms with E-state index < -0.39 is 29.7 Å². The standard InChI is InChI=1S/C16H28O6/c1-11(2)6-8-21-14(18)10-16(20,13(5)17)15(19)22-9-7-12(3)4/h11-12,20H,6-10H2,1-5H3. The molecule has 0 saturated heterocycles. The third-order valence-corrected chi connectivity index (χ3v) is 3.21. The maximum Gasteiger partial charge on any atom is 0.346 e. The predicted octanol–water partition coefficient (Wildman–Crippen LogP) is 1.88. The smallest absolute Gasteiger partial charge is 0.346 e. The normalized spacial score (nSPS) is 13.8. The van der Waals surface area contributed by atoms with Crippen molar-refractivity contribution in [2.24, 2.45) is 11.8 Å². The summed E-state index contributed by atoms with van der Waals surface area (Å²) in [7, 11) is 0. The Bertz CT molecular complexity index is 388. The average Bonchev–Trinajstić information content (AvgIpc) is 2.37. The maximum absolute atomic E-state index is 11.9. The van der Waals surface area contributed by atoms with E-state index in [1.807, 2.05) is 27.7 Å². The first-order chi connectivity index (χ1) is 10.1. The Morgan fingerprint density at radius 1 is 0.955 bits per heavy atom. The number of hydrogen-bond donors (Lipinski definition) is 1. The van der Waals surface area contributed by atoms with E-state index in [0.717, 1.165) is 6.92 Å². The van der Waals surface area contributed by atoms with E-state index in [-0.39, 0.29) is 13.2 Å². The largest absolute Gasteiger partial charge is 0.466 e. The number of rotatable bonds is 10. The summed E-state index contributed by atoms with van der Waals surface area (Å²) in [6.45, 7) is 9.19. The van der Waals surface area contributed by atoms with Gasteiger partial charge in [-0.3, -0.25) is 9.59 Å². The quantitative estimate of drug-likeness (QED) is 0.489. The van der Waals surface area contributed by atoms with Gasteiger partial charge < -0.3 is 14.6 Å². The van der Waals surface area contributed by atoms with Crippen LogP contribution in [0.3, 0.4) is 0 Å². The first-order valence-electron chi connectivity index (χ1n) is 7.65. The van der Waals surface area contributed by atoms with Gasteiger partial charge in [-0.2, -0.15) is 0 Å². The van der Waals surface area contributed by atoms with Crippen molar-refractivity contribution in [2.45, 2.75) is 59.5 Å². The van der Waals surface area contributed by atoms with E-state index in [0.29, 0.717) is 24.7 Å². The lowest BCUT2D eigenvalue weighted by Crippen LogP contribution is -2.48. The third-order valence-electron chi connectivity index (χ3n) is 3.21. The van der Waals surface area contributed by atoms with Crippen LogP contribution in [0.4, 0.5) is 0 Å². The Kier molecular flexibility index (Phi) is 8.94. The molecule has 0 fully saturated rings. The molecule has 0 amide bonds. The fourth-order valence-electron chi connectivity index (χ4n) is 1.52. The molecule has 0 spiro atoms. The molecule has 6 heteroatoms. The molecule has 1 atom stereocenters. The molecule has 0 aromatic carbocycles. The second kappa shape index (κ2) is 9.56. The van der Waals surface area contributed by atoms with E-state index in [9.17, 15) is 19.5 Å². The van der Waals surface area contributed by atoms with Crippen molar-refractivity contribution < 1.29 is 29.0 Å². The number of hydrogen-bond acceptors (Lipinski definition) is 6. The molecule has 0 aliphatic rings. The maximum atomic E-state index is 11.9. The summed E-state index contributed by atoms with van der Waals surface area (Å²) in [4.78, 5) is 35.2. The van der Waals surface area contributed by atoms with Crippen molar-refractivity contribution in [3.05, 3.63) is 0 Å². The van der Waals surface area contributed by atoms with Gasteiger partial charge in [0.2, 0.25) is 5.60 Å². The molecule has 22 heavy (non-hydrogen) atoms. The molecule has 0 heterocycles. The van der Waals surface area contributed by atoms with Crippen LogP contribution in [0, 0.1) is 11.8 Å². The molecule has 0 radical (unpaired) electrons. The minimum Gasteiger partial charge on any atom is -0.466 e. The van der Waals surface area contributed by atoms with Gasteiger partial charge in [0.05, 0.1) is 19.6 Å². The molecule has 0 saturated carbocycles. The van der Waals surface area contributed by atoms with Crippen molar-refractivity contribution in [2.75, 3.05) is 13.2 Å². The molecule has 128 valence electrons. The Hall–Kier alpha value is -1.43. The number of carbonyl (C=O) groups is 3. The Balaban J connectivity index is 4.57. The lowest BCUT2D eigenvalue weighted by molar-refractivity contribution is -0.176. The lowest BCUT2D eigenvalue weighted by atomic mass is 9.95. The molecular weight excluding hydrogens is 288 g/mol. The van der Waals surface area contributed by atoms with E-state index in [1.165, 1.54) is 0 Å². The molecule has 0 aromatic rings. The molecule has 1 unspecified atom stereocenters. The number of esters is 2. The van der Waals surface area contributed by atoms with Crippen molar-refractivity contribution in [1.82, 2.24) is 0 Å². The highest BCUT2D eigenvalue weighted by atomic mass is 16.6. The lowest BCUT2D eigenvalue weighted by Gasteiger charge is -2.22. The second-order valence-corrected chi connectivity index (χ2v) is 6.31. The predicted molar refractivity (Wildman–Crippen MR) is 81.1 cm³/mol. The molecular formula is C16H28O6. The zero-order valence-electron chi connectivity index (χ0n) is 14.2. The van der Waals surface area contributed by atoms with Crippen LogP contribution in [0.5, 0.6) is 0 Å². The van der Waals surface area contributed by atoms with Crippen LogP contribution >= 0.6 is 0 Å². The summed E-state index contributed by atoms with van der Waals surface area (Å²) in [6.07, 6.45) is 0.558. The van der Waals surface area contributed by atoms with Crippen LogP contribution in [0.1, 0.15) is 53.9 Å². The minimum atomic E-state index is -2.47. The van der Waals surface area contributed by atoms with E-state index in [1.54, 1.807) is 0 Å². The minimum absolute atomic E-state index is 0.0918. The number of carbonyl (C=O) groups excluding carboxylic acids is 3. The van der Waals surface area contributed by atoms with Crippen molar-refractivity contribution >= 4 is 17.7 Å². The van der Waals surface area contributed by atoms with Gasteiger partial charge in [-0.15, -0.1) is 0 Å². The molecule has 0 aromatic heterocycles. The summed E-state index contributed by atoms with van der Waals surface area (Å²) >= 11 is 0. The number of aliphatic hydroxyl groups is 1. The van der Waals surface area contributed by atoms with Gasteiger partial charge in [-0.05, 0) is 31.6 Å². The van der Waals surface area contributed by atoms with Gasteiger partial charge in [0.15, 0.2) is 5.78 Å². The fraction of sp³-hybridized carbons (Fsp3) is 0.812. The van der Waals surface area contributed by atoms with Crippen molar-refractivity contribution in [3.63, 3.8) is 0 Å². The Morgan fingerprint density at radius 2 is 1.41 bits per heavy atom. The van der Waals surface area contributed by atoms with Gasteiger partial charge in [-0.1, -0.05) is 27.7 Å². The Labute approximate surface area is 132 Å². The summed E-state index contributed by atoms with van der Waals surface area (Å²) in [5.41, 5.74) is -2.47. The first kappa shape index (κ1) is 20.6. The number of ketones is 1. The van der Waals surface area contributed by atoms with Crippen LogP contribution in [-0.2, 0) is 23.9 Å². The van der Waals surface area contributed by atoms with Gasteiger partial charge in [-0.25, -0.2) is 4.79 Å². The SMILES string of the molecule is CC(=O)C(O)(CC(=O)OCCC(C)C)C(=O)OCCC(C)C. The van der Waals surface area contributed by atoms with Crippen LogP contribution in [0.25, 0.3) is 0 Å². The zero-order chi connectivity index (χ0) is 17.3. The van der Waals surface area contributed by atoms with Gasteiger partial charge >= 0.3 is 11.9 Å². The molecule has 0 rings (SSSR count). The van der Waals surface area contributed by atoms with Gasteiger partial charge in [0, 0.05) is 0 Å². The highest BCUT2D eigenvalue weighted by Crippen LogP contribution is 2.16. The molecule has 6 nitrogen and oxygen atoms in total. The van der Waals surface area contributed by atoms with E-state index in [2.05, 4.69) is 0 Å². The average molecular weight is 316 g/mol. The topological polar surface area (TPSA) is 89.9 Å². The third kappa shape index (κ3) is 7.54. The van der Waals surface area contributed by atoms with E-state index >= 15 is 0 Å². The van der Waals surface area contributed by atoms with Crippen molar-refractivity contribution in [3.8, 4) is 0 Å². The monoisotopic (exact) mass is 316 g/mol. The van der Waals surface area contributed by atoms with Crippen LogP contribution in [-0.4, -0.2) is 41.6 Å². The number of ether oxygens (including phenoxy) is 2. The molecule has 0 bridgehead atoms. The van der Waals surface area contributed by atoms with Gasteiger partial charge in [0.25, 0.3) is 0 Å². The fourth-order valence-corrected chi connectivity index (χ4v) is 1.52. The molecule has 0 aliphatic heterocycles. The summed E-state index contributed by atoms with van der Waals surface area (Å²) in [6, 6.07) is 0. The Morgan fingerprint density at radius 3 is 1.82 bits per heavy atom. The van der Waals surface area contributed by atoms with Crippen LogP contribution < -0.4 is 0 Å².